The van der Waals surface area contributed by atoms with E-state index in [-0.39, 0.29) is 16.0 Å². The lowest BCUT2D eigenvalue weighted by Gasteiger charge is -2.22. The van der Waals surface area contributed by atoms with Crippen LogP contribution in [0.3, 0.4) is 0 Å². The lowest BCUT2D eigenvalue weighted by Crippen LogP contribution is -2.18. The highest BCUT2D eigenvalue weighted by Crippen LogP contribution is 2.31. The molecule has 26 heavy (non-hydrogen) atoms. The molecule has 0 unspecified atom stereocenters. The van der Waals surface area contributed by atoms with Crippen molar-refractivity contribution in [3.63, 3.8) is 0 Å². The summed E-state index contributed by atoms with van der Waals surface area (Å²) in [6, 6.07) is 12.1. The first-order valence-electron chi connectivity index (χ1n) is 8.18. The van der Waals surface area contributed by atoms with E-state index in [0.29, 0.717) is 12.2 Å². The summed E-state index contributed by atoms with van der Waals surface area (Å²) in [5, 5.41) is 11.4. The van der Waals surface area contributed by atoms with E-state index in [4.69, 9.17) is 0 Å². The molecule has 0 aromatic heterocycles. The second kappa shape index (κ2) is 7.07. The van der Waals surface area contributed by atoms with Crippen LogP contribution in [0, 0.1) is 10.1 Å². The molecule has 2 aromatic carbocycles. The lowest BCUT2D eigenvalue weighted by molar-refractivity contribution is -0.384. The number of anilines is 1. The Labute approximate surface area is 154 Å². The van der Waals surface area contributed by atoms with Crippen LogP contribution in [0.4, 0.5) is 11.4 Å². The van der Waals surface area contributed by atoms with Gasteiger partial charge in [-0.1, -0.05) is 45.0 Å². The quantitative estimate of drug-likeness (QED) is 0.583. The van der Waals surface area contributed by atoms with Gasteiger partial charge in [-0.15, -0.1) is 0 Å². The average molecular weight is 376 g/mol. The predicted molar refractivity (Wildman–Crippen MR) is 103 cm³/mol. The maximum absolute atomic E-state index is 11.7. The summed E-state index contributed by atoms with van der Waals surface area (Å²) in [7, 11) is -1.75. The highest BCUT2D eigenvalue weighted by atomic mass is 32.2. The van der Waals surface area contributed by atoms with Crippen molar-refractivity contribution in [2.75, 3.05) is 18.2 Å². The number of sulfone groups is 1. The van der Waals surface area contributed by atoms with E-state index in [1.54, 1.807) is 11.9 Å². The molecule has 0 aliphatic carbocycles. The fraction of sp³-hybridized carbons (Fsp3) is 0.368. The Morgan fingerprint density at radius 1 is 1.08 bits per heavy atom. The van der Waals surface area contributed by atoms with Gasteiger partial charge < -0.3 is 4.90 Å². The SMILES string of the molecule is CN(Cc1ccc(C(C)(C)C)cc1)c1ccc(S(C)(=O)=O)cc1[N+](=O)[O-]. The van der Waals surface area contributed by atoms with Gasteiger partial charge in [0.1, 0.15) is 5.69 Å². The standard InChI is InChI=1S/C19H24N2O4S/c1-19(2,3)15-8-6-14(7-9-15)13-20(4)17-11-10-16(26(5,24)25)12-18(17)21(22)23/h6-12H,13H2,1-5H3. The van der Waals surface area contributed by atoms with Gasteiger partial charge in [0.05, 0.1) is 9.82 Å². The van der Waals surface area contributed by atoms with Crippen LogP contribution in [0.1, 0.15) is 31.9 Å². The molecule has 0 heterocycles. The van der Waals surface area contributed by atoms with Gasteiger partial charge in [-0.2, -0.15) is 0 Å². The van der Waals surface area contributed by atoms with Crippen LogP contribution in [0.5, 0.6) is 0 Å². The van der Waals surface area contributed by atoms with Crippen molar-refractivity contribution >= 4 is 21.2 Å². The van der Waals surface area contributed by atoms with Gasteiger partial charge in [-0.3, -0.25) is 10.1 Å². The number of nitro benzene ring substituents is 1. The van der Waals surface area contributed by atoms with Crippen LogP contribution in [0.25, 0.3) is 0 Å². The highest BCUT2D eigenvalue weighted by molar-refractivity contribution is 7.90. The van der Waals surface area contributed by atoms with Gasteiger partial charge in [0.25, 0.3) is 5.69 Å². The molecule has 0 bridgehead atoms. The minimum atomic E-state index is -3.50. The van der Waals surface area contributed by atoms with Gasteiger partial charge in [-0.25, -0.2) is 8.42 Å². The predicted octanol–water partition coefficient (Wildman–Crippen LogP) is 3.93. The summed E-state index contributed by atoms with van der Waals surface area (Å²) in [6.07, 6.45) is 1.03. The fourth-order valence-electron chi connectivity index (χ4n) is 2.67. The van der Waals surface area contributed by atoms with E-state index < -0.39 is 14.8 Å². The lowest BCUT2D eigenvalue weighted by atomic mass is 9.87. The number of benzene rings is 2. The molecule has 0 atom stereocenters. The molecule has 0 N–H and O–H groups in total. The summed E-state index contributed by atoms with van der Waals surface area (Å²) in [6.45, 7) is 6.89. The molecular weight excluding hydrogens is 352 g/mol. The van der Waals surface area contributed by atoms with E-state index in [2.05, 4.69) is 32.9 Å². The Morgan fingerprint density at radius 2 is 1.65 bits per heavy atom. The molecule has 0 spiro atoms. The summed E-state index contributed by atoms with van der Waals surface area (Å²) >= 11 is 0. The summed E-state index contributed by atoms with van der Waals surface area (Å²) in [5.41, 5.74) is 2.45. The van der Waals surface area contributed by atoms with E-state index in [1.165, 1.54) is 17.7 Å². The van der Waals surface area contributed by atoms with Crippen molar-refractivity contribution in [2.24, 2.45) is 0 Å². The molecule has 0 aliphatic heterocycles. The molecule has 0 radical (unpaired) electrons. The number of nitrogens with zero attached hydrogens (tertiary/aromatic N) is 2. The molecule has 2 rings (SSSR count). The Hall–Kier alpha value is -2.41. The Balaban J connectivity index is 2.32. The van der Waals surface area contributed by atoms with Gasteiger partial charge in [-0.05, 0) is 28.7 Å². The topological polar surface area (TPSA) is 80.5 Å². The third kappa shape index (κ3) is 4.60. The van der Waals surface area contributed by atoms with E-state index in [9.17, 15) is 18.5 Å². The van der Waals surface area contributed by atoms with Gasteiger partial charge >= 0.3 is 0 Å². The van der Waals surface area contributed by atoms with Crippen LogP contribution in [0.15, 0.2) is 47.4 Å². The monoisotopic (exact) mass is 376 g/mol. The van der Waals surface area contributed by atoms with Crippen LogP contribution in [-0.2, 0) is 21.8 Å². The van der Waals surface area contributed by atoms with Crippen LogP contribution in [0.2, 0.25) is 0 Å². The maximum atomic E-state index is 11.7. The van der Waals surface area contributed by atoms with Crippen LogP contribution >= 0.6 is 0 Å². The summed E-state index contributed by atoms with van der Waals surface area (Å²) in [4.78, 5) is 12.5. The first-order valence-corrected chi connectivity index (χ1v) is 10.1. The molecule has 0 amide bonds. The van der Waals surface area contributed by atoms with E-state index in [1.807, 2.05) is 12.1 Å². The minimum Gasteiger partial charge on any atom is -0.365 e. The van der Waals surface area contributed by atoms with Gasteiger partial charge in [0, 0.05) is 25.9 Å². The first kappa shape index (κ1) is 19.9. The van der Waals surface area contributed by atoms with Crippen molar-refractivity contribution in [3.8, 4) is 0 Å². The van der Waals surface area contributed by atoms with Crippen LogP contribution < -0.4 is 4.90 Å². The second-order valence-electron chi connectivity index (χ2n) is 7.48. The number of hydrogen-bond donors (Lipinski definition) is 0. The smallest absolute Gasteiger partial charge is 0.293 e. The zero-order valence-corrected chi connectivity index (χ0v) is 16.5. The third-order valence-corrected chi connectivity index (χ3v) is 5.33. The van der Waals surface area contributed by atoms with Crippen molar-refractivity contribution in [3.05, 3.63) is 63.7 Å². The fourth-order valence-corrected chi connectivity index (χ4v) is 3.31. The number of rotatable bonds is 5. The number of nitro groups is 1. The average Bonchev–Trinajstić information content (AvgIpc) is 2.53. The maximum Gasteiger partial charge on any atom is 0.293 e. The number of hydrogen-bond acceptors (Lipinski definition) is 5. The first-order chi connectivity index (χ1) is 11.9. The zero-order valence-electron chi connectivity index (χ0n) is 15.7. The molecule has 0 saturated carbocycles. The molecule has 6 nitrogen and oxygen atoms in total. The summed E-state index contributed by atoms with van der Waals surface area (Å²) < 4.78 is 23.3. The highest BCUT2D eigenvalue weighted by Gasteiger charge is 2.21. The van der Waals surface area contributed by atoms with Crippen molar-refractivity contribution in [1.82, 2.24) is 0 Å². The zero-order chi connectivity index (χ0) is 19.7. The molecule has 0 fully saturated rings. The van der Waals surface area contributed by atoms with Crippen molar-refractivity contribution in [1.29, 1.82) is 0 Å². The Kier molecular flexibility index (Phi) is 5.41. The third-order valence-electron chi connectivity index (χ3n) is 4.22. The molecule has 140 valence electrons. The minimum absolute atomic E-state index is 0.0594. The Morgan fingerprint density at radius 3 is 2.12 bits per heavy atom. The molecular formula is C19H24N2O4S. The van der Waals surface area contributed by atoms with Gasteiger partial charge in [0.15, 0.2) is 9.84 Å². The molecule has 7 heteroatoms. The molecule has 0 saturated heterocycles. The Bertz CT molecular complexity index is 914. The largest absolute Gasteiger partial charge is 0.365 e. The molecule has 0 aliphatic rings. The van der Waals surface area contributed by atoms with Gasteiger partial charge in [0.2, 0.25) is 0 Å². The van der Waals surface area contributed by atoms with E-state index in [0.717, 1.165) is 17.9 Å². The normalized spacial score (nSPS) is 12.0. The van der Waals surface area contributed by atoms with Crippen LogP contribution in [-0.4, -0.2) is 26.6 Å². The van der Waals surface area contributed by atoms with Crippen molar-refractivity contribution in [2.45, 2.75) is 37.6 Å². The van der Waals surface area contributed by atoms with Crippen molar-refractivity contribution < 1.29 is 13.3 Å². The molecule has 2 aromatic rings. The van der Waals surface area contributed by atoms with E-state index >= 15 is 0 Å². The summed E-state index contributed by atoms with van der Waals surface area (Å²) in [5.74, 6) is 0. The second-order valence-corrected chi connectivity index (χ2v) is 9.50.